The highest BCUT2D eigenvalue weighted by molar-refractivity contribution is 5.97. The molecule has 1 rings (SSSR count). The van der Waals surface area contributed by atoms with Crippen LogP contribution in [0.5, 0.6) is 0 Å². The Bertz CT molecular complexity index is 452. The van der Waals surface area contributed by atoms with Gasteiger partial charge in [0, 0.05) is 19.3 Å². The number of nitrogens with two attached hydrogens (primary N) is 1. The SMILES string of the molecule is CN(C(=O)C(C)(C)CN)c1ccc(C(=O)O)cc1. The maximum atomic E-state index is 12.1. The third-order valence-electron chi connectivity index (χ3n) is 2.90. The van der Waals surface area contributed by atoms with Gasteiger partial charge in [0.15, 0.2) is 0 Å². The molecular formula is C13H18N2O3. The van der Waals surface area contributed by atoms with Crippen molar-refractivity contribution in [3.8, 4) is 0 Å². The summed E-state index contributed by atoms with van der Waals surface area (Å²) in [7, 11) is 1.65. The third kappa shape index (κ3) is 2.87. The molecule has 98 valence electrons. The summed E-state index contributed by atoms with van der Waals surface area (Å²) < 4.78 is 0. The van der Waals surface area contributed by atoms with Crippen molar-refractivity contribution < 1.29 is 14.7 Å². The molecule has 0 aliphatic heterocycles. The highest BCUT2D eigenvalue weighted by Crippen LogP contribution is 2.22. The second-order valence-corrected chi connectivity index (χ2v) is 4.80. The van der Waals surface area contributed by atoms with E-state index in [0.717, 1.165) is 0 Å². The fraction of sp³-hybridized carbons (Fsp3) is 0.385. The smallest absolute Gasteiger partial charge is 0.335 e. The van der Waals surface area contributed by atoms with Gasteiger partial charge < -0.3 is 15.7 Å². The van der Waals surface area contributed by atoms with Crippen molar-refractivity contribution >= 4 is 17.6 Å². The fourth-order valence-corrected chi connectivity index (χ4v) is 1.49. The Morgan fingerprint density at radius 3 is 2.17 bits per heavy atom. The Morgan fingerprint density at radius 2 is 1.78 bits per heavy atom. The highest BCUT2D eigenvalue weighted by Gasteiger charge is 2.29. The molecule has 1 amide bonds. The maximum absolute atomic E-state index is 12.1. The minimum Gasteiger partial charge on any atom is -0.478 e. The van der Waals surface area contributed by atoms with Crippen LogP contribution in [-0.4, -0.2) is 30.6 Å². The Hall–Kier alpha value is -1.88. The molecule has 0 aliphatic rings. The van der Waals surface area contributed by atoms with Gasteiger partial charge in [-0.15, -0.1) is 0 Å². The largest absolute Gasteiger partial charge is 0.478 e. The highest BCUT2D eigenvalue weighted by atomic mass is 16.4. The summed E-state index contributed by atoms with van der Waals surface area (Å²) in [6.45, 7) is 3.80. The molecule has 0 aromatic heterocycles. The Morgan fingerprint density at radius 1 is 1.28 bits per heavy atom. The van der Waals surface area contributed by atoms with Gasteiger partial charge in [-0.3, -0.25) is 4.79 Å². The average molecular weight is 250 g/mol. The van der Waals surface area contributed by atoms with E-state index in [9.17, 15) is 9.59 Å². The second-order valence-electron chi connectivity index (χ2n) is 4.80. The molecule has 1 aromatic rings. The van der Waals surface area contributed by atoms with Crippen LogP contribution < -0.4 is 10.6 Å². The van der Waals surface area contributed by atoms with Crippen molar-refractivity contribution in [3.63, 3.8) is 0 Å². The molecule has 0 fully saturated rings. The molecule has 5 nitrogen and oxygen atoms in total. The number of hydrogen-bond donors (Lipinski definition) is 2. The predicted octanol–water partition coefficient (Wildman–Crippen LogP) is 1.33. The van der Waals surface area contributed by atoms with Gasteiger partial charge in [-0.2, -0.15) is 0 Å². The molecule has 0 saturated carbocycles. The molecule has 5 heteroatoms. The minimum atomic E-state index is -0.988. The fourth-order valence-electron chi connectivity index (χ4n) is 1.49. The Kier molecular flexibility index (Phi) is 4.08. The van der Waals surface area contributed by atoms with Gasteiger partial charge in [0.25, 0.3) is 0 Å². The van der Waals surface area contributed by atoms with E-state index in [1.807, 2.05) is 0 Å². The van der Waals surface area contributed by atoms with E-state index in [2.05, 4.69) is 0 Å². The van der Waals surface area contributed by atoms with E-state index >= 15 is 0 Å². The topological polar surface area (TPSA) is 83.6 Å². The summed E-state index contributed by atoms with van der Waals surface area (Å²) in [5, 5.41) is 8.79. The molecule has 18 heavy (non-hydrogen) atoms. The molecule has 3 N–H and O–H groups in total. The zero-order chi connectivity index (χ0) is 13.9. The van der Waals surface area contributed by atoms with Crippen LogP contribution in [0.25, 0.3) is 0 Å². The molecule has 0 bridgehead atoms. The number of aromatic carboxylic acids is 1. The number of hydrogen-bond acceptors (Lipinski definition) is 3. The molecule has 0 aliphatic carbocycles. The van der Waals surface area contributed by atoms with Crippen LogP contribution in [0.15, 0.2) is 24.3 Å². The van der Waals surface area contributed by atoms with Crippen LogP contribution in [-0.2, 0) is 4.79 Å². The molecule has 0 heterocycles. The number of nitrogens with zero attached hydrogens (tertiary/aromatic N) is 1. The molecule has 0 atom stereocenters. The van der Waals surface area contributed by atoms with Gasteiger partial charge in [0.05, 0.1) is 11.0 Å². The summed E-state index contributed by atoms with van der Waals surface area (Å²) in [6, 6.07) is 6.15. The summed E-state index contributed by atoms with van der Waals surface area (Å²) in [6.07, 6.45) is 0. The van der Waals surface area contributed by atoms with E-state index < -0.39 is 11.4 Å². The number of carboxylic acid groups (broad SMARTS) is 1. The van der Waals surface area contributed by atoms with Gasteiger partial charge in [-0.05, 0) is 38.1 Å². The van der Waals surface area contributed by atoms with Crippen LogP contribution in [0.2, 0.25) is 0 Å². The number of carbonyl (C=O) groups excluding carboxylic acids is 1. The monoisotopic (exact) mass is 250 g/mol. The lowest BCUT2D eigenvalue weighted by atomic mass is 9.92. The lowest BCUT2D eigenvalue weighted by molar-refractivity contribution is -0.125. The van der Waals surface area contributed by atoms with Crippen LogP contribution >= 0.6 is 0 Å². The number of anilines is 1. The van der Waals surface area contributed by atoms with Crippen molar-refractivity contribution in [2.75, 3.05) is 18.5 Å². The Balaban J connectivity index is 2.94. The van der Waals surface area contributed by atoms with E-state index in [4.69, 9.17) is 10.8 Å². The minimum absolute atomic E-state index is 0.104. The molecule has 0 radical (unpaired) electrons. The van der Waals surface area contributed by atoms with Gasteiger partial charge in [-0.25, -0.2) is 4.79 Å². The summed E-state index contributed by atoms with van der Waals surface area (Å²) in [5.41, 5.74) is 5.76. The van der Waals surface area contributed by atoms with Crippen molar-refractivity contribution in [3.05, 3.63) is 29.8 Å². The summed E-state index contributed by atoms with van der Waals surface area (Å²) in [4.78, 5) is 24.4. The molecule has 0 spiro atoms. The van der Waals surface area contributed by atoms with Crippen LogP contribution in [0.3, 0.4) is 0 Å². The zero-order valence-corrected chi connectivity index (χ0v) is 10.8. The summed E-state index contributed by atoms with van der Waals surface area (Å²) in [5.74, 6) is -1.09. The molecule has 1 aromatic carbocycles. The van der Waals surface area contributed by atoms with Crippen LogP contribution in [0.4, 0.5) is 5.69 Å². The first-order chi connectivity index (χ1) is 8.29. The number of carbonyl (C=O) groups is 2. The van der Waals surface area contributed by atoms with E-state index in [1.165, 1.54) is 17.0 Å². The first-order valence-corrected chi connectivity index (χ1v) is 5.61. The first kappa shape index (κ1) is 14.2. The van der Waals surface area contributed by atoms with E-state index in [0.29, 0.717) is 5.69 Å². The van der Waals surface area contributed by atoms with E-state index in [-0.39, 0.29) is 18.0 Å². The summed E-state index contributed by atoms with van der Waals surface area (Å²) >= 11 is 0. The van der Waals surface area contributed by atoms with E-state index in [1.54, 1.807) is 33.0 Å². The maximum Gasteiger partial charge on any atom is 0.335 e. The van der Waals surface area contributed by atoms with Crippen molar-refractivity contribution in [1.29, 1.82) is 0 Å². The number of carboxylic acids is 1. The number of amides is 1. The van der Waals surface area contributed by atoms with Crippen molar-refractivity contribution in [2.45, 2.75) is 13.8 Å². The van der Waals surface area contributed by atoms with Gasteiger partial charge in [0.1, 0.15) is 0 Å². The lowest BCUT2D eigenvalue weighted by Crippen LogP contribution is -2.42. The number of rotatable bonds is 4. The Labute approximate surface area is 106 Å². The van der Waals surface area contributed by atoms with Gasteiger partial charge in [0.2, 0.25) is 5.91 Å². The van der Waals surface area contributed by atoms with Crippen LogP contribution in [0, 0.1) is 5.41 Å². The molecule has 0 saturated heterocycles. The lowest BCUT2D eigenvalue weighted by Gasteiger charge is -2.28. The van der Waals surface area contributed by atoms with Crippen molar-refractivity contribution in [2.24, 2.45) is 11.1 Å². The number of benzene rings is 1. The molecule has 0 unspecified atom stereocenters. The molecular weight excluding hydrogens is 232 g/mol. The second kappa shape index (κ2) is 5.18. The standard InChI is InChI=1S/C13H18N2O3/c1-13(2,8-14)12(18)15(3)10-6-4-9(5-7-10)11(16)17/h4-7H,8,14H2,1-3H3,(H,16,17). The van der Waals surface area contributed by atoms with Gasteiger partial charge in [-0.1, -0.05) is 0 Å². The van der Waals surface area contributed by atoms with Crippen LogP contribution in [0.1, 0.15) is 24.2 Å². The average Bonchev–Trinajstić information content (AvgIpc) is 2.37. The van der Waals surface area contributed by atoms with Crippen molar-refractivity contribution in [1.82, 2.24) is 0 Å². The first-order valence-electron chi connectivity index (χ1n) is 5.61. The third-order valence-corrected chi connectivity index (χ3v) is 2.90. The zero-order valence-electron chi connectivity index (χ0n) is 10.8. The predicted molar refractivity (Wildman–Crippen MR) is 69.6 cm³/mol. The van der Waals surface area contributed by atoms with Gasteiger partial charge >= 0.3 is 5.97 Å². The quantitative estimate of drug-likeness (QED) is 0.844. The normalized spacial score (nSPS) is 11.1.